The van der Waals surface area contributed by atoms with Crippen molar-refractivity contribution in [1.82, 2.24) is 4.37 Å². The lowest BCUT2D eigenvalue weighted by Crippen LogP contribution is -2.15. The Balaban J connectivity index is 2.31. The third kappa shape index (κ3) is 2.70. The minimum Gasteiger partial charge on any atom is -0.478 e. The van der Waals surface area contributed by atoms with Crippen molar-refractivity contribution in [2.24, 2.45) is 0 Å². The Hall–Kier alpha value is -2.21. The van der Waals surface area contributed by atoms with Crippen LogP contribution in [-0.4, -0.2) is 21.4 Å². The summed E-state index contributed by atoms with van der Waals surface area (Å²) in [5.41, 5.74) is 1.93. The van der Waals surface area contributed by atoms with Crippen molar-refractivity contribution in [2.75, 3.05) is 5.32 Å². The number of carboxylic acid groups (broad SMARTS) is 1. The summed E-state index contributed by atoms with van der Waals surface area (Å²) >= 11 is 0.978. The van der Waals surface area contributed by atoms with Crippen LogP contribution in [0.25, 0.3) is 0 Å². The molecule has 104 valence electrons. The van der Waals surface area contributed by atoms with Gasteiger partial charge < -0.3 is 10.4 Å². The van der Waals surface area contributed by atoms with Crippen LogP contribution in [0.15, 0.2) is 24.3 Å². The molecule has 20 heavy (non-hydrogen) atoms. The van der Waals surface area contributed by atoms with Gasteiger partial charge in [-0.05, 0) is 36.5 Å². The van der Waals surface area contributed by atoms with Crippen LogP contribution in [0.1, 0.15) is 38.9 Å². The first kappa shape index (κ1) is 14.2. The van der Waals surface area contributed by atoms with Crippen LogP contribution in [0.2, 0.25) is 0 Å². The molecule has 0 spiro atoms. The number of anilines is 1. The first-order chi connectivity index (χ1) is 9.54. The molecule has 2 rings (SSSR count). The van der Waals surface area contributed by atoms with Crippen molar-refractivity contribution in [3.63, 3.8) is 0 Å². The third-order valence-electron chi connectivity index (χ3n) is 2.95. The monoisotopic (exact) mass is 290 g/mol. The second kappa shape index (κ2) is 5.83. The van der Waals surface area contributed by atoms with Gasteiger partial charge in [0.2, 0.25) is 0 Å². The fourth-order valence-corrected chi connectivity index (χ4v) is 2.71. The highest BCUT2D eigenvalue weighted by Crippen LogP contribution is 2.25. The van der Waals surface area contributed by atoms with Crippen molar-refractivity contribution in [3.05, 3.63) is 46.6 Å². The average molecular weight is 290 g/mol. The number of hydrogen-bond acceptors (Lipinski definition) is 4. The van der Waals surface area contributed by atoms with Crippen molar-refractivity contribution in [2.45, 2.75) is 20.3 Å². The number of aromatic carboxylic acids is 1. The molecule has 0 aliphatic rings. The molecule has 0 saturated carbocycles. The van der Waals surface area contributed by atoms with E-state index in [4.69, 9.17) is 5.11 Å². The Morgan fingerprint density at radius 1 is 1.35 bits per heavy atom. The van der Waals surface area contributed by atoms with Gasteiger partial charge in [-0.1, -0.05) is 25.1 Å². The van der Waals surface area contributed by atoms with Crippen LogP contribution < -0.4 is 5.32 Å². The van der Waals surface area contributed by atoms with E-state index in [1.54, 1.807) is 19.1 Å². The molecule has 1 amide bonds. The largest absolute Gasteiger partial charge is 0.478 e. The fourth-order valence-electron chi connectivity index (χ4n) is 1.93. The highest BCUT2D eigenvalue weighted by molar-refractivity contribution is 7.11. The predicted octanol–water partition coefficient (Wildman–Crippen LogP) is 2.96. The predicted molar refractivity (Wildman–Crippen MR) is 77.6 cm³/mol. The molecule has 2 aromatic rings. The summed E-state index contributed by atoms with van der Waals surface area (Å²) in [4.78, 5) is 23.4. The molecule has 2 N–H and O–H groups in total. The number of rotatable bonds is 4. The normalized spacial score (nSPS) is 10.3. The Labute approximate surface area is 120 Å². The highest BCUT2D eigenvalue weighted by atomic mass is 32.1. The molecule has 0 saturated heterocycles. The minimum atomic E-state index is -1.09. The lowest BCUT2D eigenvalue weighted by molar-refractivity contribution is 0.0697. The van der Waals surface area contributed by atoms with Crippen molar-refractivity contribution < 1.29 is 14.7 Å². The smallest absolute Gasteiger partial charge is 0.340 e. The average Bonchev–Trinajstić information content (AvgIpc) is 2.79. The minimum absolute atomic E-state index is 0.0531. The highest BCUT2D eigenvalue weighted by Gasteiger charge is 2.20. The number of aryl methyl sites for hydroxylation is 2. The zero-order chi connectivity index (χ0) is 14.7. The molecular weight excluding hydrogens is 276 g/mol. The summed E-state index contributed by atoms with van der Waals surface area (Å²) in [6.45, 7) is 3.57. The number of carbonyl (C=O) groups is 2. The molecule has 6 heteroatoms. The SMILES string of the molecule is CCc1ccccc1C(=O)Nc1snc(C)c1C(=O)O. The van der Waals surface area contributed by atoms with Crippen molar-refractivity contribution in [3.8, 4) is 0 Å². The van der Waals surface area contributed by atoms with Crippen molar-refractivity contribution in [1.29, 1.82) is 0 Å². The molecule has 1 heterocycles. The summed E-state index contributed by atoms with van der Waals surface area (Å²) in [7, 11) is 0. The fraction of sp³-hybridized carbons (Fsp3) is 0.214. The number of hydrogen-bond donors (Lipinski definition) is 2. The number of aromatic nitrogens is 1. The number of benzene rings is 1. The Morgan fingerprint density at radius 3 is 2.70 bits per heavy atom. The maximum atomic E-state index is 12.3. The maximum absolute atomic E-state index is 12.3. The summed E-state index contributed by atoms with van der Waals surface area (Å²) in [5.74, 6) is -1.40. The molecule has 1 aromatic heterocycles. The number of carboxylic acids is 1. The van der Waals surface area contributed by atoms with Gasteiger partial charge >= 0.3 is 5.97 Å². The molecule has 1 aromatic carbocycles. The standard InChI is InChI=1S/C14H14N2O3S/c1-3-9-6-4-5-7-10(9)12(17)15-13-11(14(18)19)8(2)16-20-13/h4-7H,3H2,1-2H3,(H,15,17)(H,18,19). The summed E-state index contributed by atoms with van der Waals surface area (Å²) in [5, 5.41) is 12.0. The van der Waals surface area contributed by atoms with Crippen LogP contribution in [0.4, 0.5) is 5.00 Å². The van der Waals surface area contributed by atoms with Crippen LogP contribution >= 0.6 is 11.5 Å². The van der Waals surface area contributed by atoms with Crippen LogP contribution in [0, 0.1) is 6.92 Å². The molecule has 0 radical (unpaired) electrons. The number of amides is 1. The first-order valence-electron chi connectivity index (χ1n) is 6.13. The van der Waals surface area contributed by atoms with Crippen LogP contribution in [0.5, 0.6) is 0 Å². The number of nitrogens with zero attached hydrogens (tertiary/aromatic N) is 1. The van der Waals surface area contributed by atoms with E-state index >= 15 is 0 Å². The van der Waals surface area contributed by atoms with Gasteiger partial charge in [-0.2, -0.15) is 4.37 Å². The number of nitrogens with one attached hydrogen (secondary N) is 1. The van der Waals surface area contributed by atoms with Crippen molar-refractivity contribution >= 4 is 28.4 Å². The summed E-state index contributed by atoms with van der Waals surface area (Å²) < 4.78 is 3.97. The van der Waals surface area contributed by atoms with Gasteiger partial charge in [0.05, 0.1) is 5.69 Å². The van der Waals surface area contributed by atoms with E-state index in [2.05, 4.69) is 9.69 Å². The van der Waals surface area contributed by atoms with Crippen LogP contribution in [-0.2, 0) is 6.42 Å². The van der Waals surface area contributed by atoms with Gasteiger partial charge in [0.25, 0.3) is 5.91 Å². The van der Waals surface area contributed by atoms with E-state index in [-0.39, 0.29) is 16.5 Å². The lowest BCUT2D eigenvalue weighted by Gasteiger charge is -2.07. The molecular formula is C14H14N2O3S. The Morgan fingerprint density at radius 2 is 2.05 bits per heavy atom. The molecule has 0 fully saturated rings. The van der Waals surface area contributed by atoms with E-state index in [1.807, 2.05) is 19.1 Å². The van der Waals surface area contributed by atoms with E-state index in [1.165, 1.54) is 0 Å². The van der Waals surface area contributed by atoms with E-state index in [0.29, 0.717) is 11.3 Å². The van der Waals surface area contributed by atoms with Crippen LogP contribution in [0.3, 0.4) is 0 Å². The molecule has 0 unspecified atom stereocenters. The van der Waals surface area contributed by atoms with Gasteiger partial charge in [0.1, 0.15) is 10.6 Å². The summed E-state index contributed by atoms with van der Waals surface area (Å²) in [6, 6.07) is 7.26. The molecule has 0 aliphatic carbocycles. The van der Waals surface area contributed by atoms with Gasteiger partial charge in [-0.25, -0.2) is 4.79 Å². The van der Waals surface area contributed by atoms with E-state index < -0.39 is 5.97 Å². The zero-order valence-electron chi connectivity index (χ0n) is 11.1. The van der Waals surface area contributed by atoms with Gasteiger partial charge in [0, 0.05) is 5.56 Å². The molecule has 0 bridgehead atoms. The van der Waals surface area contributed by atoms with Gasteiger partial charge in [-0.15, -0.1) is 0 Å². The zero-order valence-corrected chi connectivity index (χ0v) is 12.0. The van der Waals surface area contributed by atoms with Gasteiger partial charge in [-0.3, -0.25) is 4.79 Å². The quantitative estimate of drug-likeness (QED) is 0.907. The third-order valence-corrected chi connectivity index (χ3v) is 3.80. The van der Waals surface area contributed by atoms with E-state index in [9.17, 15) is 9.59 Å². The Bertz CT molecular complexity index is 664. The topological polar surface area (TPSA) is 79.3 Å². The van der Waals surface area contributed by atoms with E-state index in [0.717, 1.165) is 23.5 Å². The molecule has 0 aliphatic heterocycles. The number of carbonyl (C=O) groups excluding carboxylic acids is 1. The Kier molecular flexibility index (Phi) is 4.14. The molecule has 5 nitrogen and oxygen atoms in total. The first-order valence-corrected chi connectivity index (χ1v) is 6.90. The maximum Gasteiger partial charge on any atom is 0.340 e. The second-order valence-corrected chi connectivity index (χ2v) is 5.02. The molecule has 0 atom stereocenters. The lowest BCUT2D eigenvalue weighted by atomic mass is 10.0. The second-order valence-electron chi connectivity index (χ2n) is 4.24. The van der Waals surface area contributed by atoms with Gasteiger partial charge in [0.15, 0.2) is 0 Å². The summed E-state index contributed by atoms with van der Waals surface area (Å²) in [6.07, 6.45) is 0.733.